The van der Waals surface area contributed by atoms with E-state index < -0.39 is 23.6 Å². The predicted molar refractivity (Wildman–Crippen MR) is 81.8 cm³/mol. The Morgan fingerprint density at radius 3 is 2.54 bits per heavy atom. The fourth-order valence-corrected chi connectivity index (χ4v) is 2.40. The predicted octanol–water partition coefficient (Wildman–Crippen LogP) is 4.28. The van der Waals surface area contributed by atoms with Crippen LogP contribution in [-0.2, 0) is 10.9 Å². The number of rotatable bonds is 6. The first-order valence-corrected chi connectivity index (χ1v) is 7.34. The lowest BCUT2D eigenvalue weighted by Crippen LogP contribution is -2.28. The van der Waals surface area contributed by atoms with Gasteiger partial charge in [-0.25, -0.2) is 4.39 Å². The van der Waals surface area contributed by atoms with Crippen LogP contribution in [0.5, 0.6) is 0 Å². The Balaban J connectivity index is 2.23. The van der Waals surface area contributed by atoms with Gasteiger partial charge in [0.05, 0.1) is 24.4 Å². The van der Waals surface area contributed by atoms with E-state index in [0.717, 1.165) is 18.3 Å². The second-order valence-corrected chi connectivity index (χ2v) is 5.46. The molecule has 1 aromatic carbocycles. The van der Waals surface area contributed by atoms with E-state index in [1.807, 2.05) is 0 Å². The zero-order chi connectivity index (χ0) is 17.7. The normalized spacial score (nSPS) is 14.4. The van der Waals surface area contributed by atoms with Crippen molar-refractivity contribution >= 4 is 0 Å². The Bertz CT molecular complexity index is 676. The second kappa shape index (κ2) is 7.72. The first-order chi connectivity index (χ1) is 11.3. The minimum Gasteiger partial charge on any atom is -0.383 e. The number of halogens is 4. The van der Waals surface area contributed by atoms with Crippen LogP contribution in [0.25, 0.3) is 0 Å². The molecule has 1 heterocycles. The largest absolute Gasteiger partial charge is 0.416 e. The summed E-state index contributed by atoms with van der Waals surface area (Å²) in [4.78, 5) is 3.78. The van der Waals surface area contributed by atoms with Crippen LogP contribution >= 0.6 is 0 Å². The Kier molecular flexibility index (Phi) is 5.90. The zero-order valence-electron chi connectivity index (χ0n) is 13.3. The van der Waals surface area contributed by atoms with Crippen LogP contribution < -0.4 is 5.32 Å². The molecule has 24 heavy (non-hydrogen) atoms. The van der Waals surface area contributed by atoms with E-state index in [-0.39, 0.29) is 12.6 Å². The van der Waals surface area contributed by atoms with Gasteiger partial charge in [-0.3, -0.25) is 4.98 Å². The van der Waals surface area contributed by atoms with E-state index in [2.05, 4.69) is 10.3 Å². The first-order valence-electron chi connectivity index (χ1n) is 7.34. The maximum atomic E-state index is 13.3. The molecule has 0 fully saturated rings. The molecule has 0 amide bonds. The van der Waals surface area contributed by atoms with E-state index in [1.54, 1.807) is 13.0 Å². The SMILES string of the molecule is COC[C@@H](N[C@H](C)c1cncc(F)c1)c1cccc(C(F)(F)F)c1. The second-order valence-electron chi connectivity index (χ2n) is 5.46. The van der Waals surface area contributed by atoms with Crippen molar-refractivity contribution in [2.75, 3.05) is 13.7 Å². The van der Waals surface area contributed by atoms with Gasteiger partial charge in [0.2, 0.25) is 0 Å². The lowest BCUT2D eigenvalue weighted by molar-refractivity contribution is -0.137. The minimum absolute atomic E-state index is 0.175. The van der Waals surface area contributed by atoms with Crippen molar-refractivity contribution in [3.05, 3.63) is 65.2 Å². The number of pyridine rings is 1. The lowest BCUT2D eigenvalue weighted by Gasteiger charge is -2.24. The summed E-state index contributed by atoms with van der Waals surface area (Å²) in [7, 11) is 1.47. The molecule has 0 radical (unpaired) electrons. The lowest BCUT2D eigenvalue weighted by atomic mass is 10.0. The van der Waals surface area contributed by atoms with Gasteiger partial charge in [-0.1, -0.05) is 12.1 Å². The van der Waals surface area contributed by atoms with E-state index in [9.17, 15) is 17.6 Å². The number of hydrogen-bond donors (Lipinski definition) is 1. The number of alkyl halides is 3. The Labute approximate surface area is 137 Å². The molecular formula is C17H18F4N2O. The number of nitrogens with zero attached hydrogens (tertiary/aromatic N) is 1. The molecule has 130 valence electrons. The summed E-state index contributed by atoms with van der Waals surface area (Å²) in [5, 5.41) is 3.16. The number of aromatic nitrogens is 1. The van der Waals surface area contributed by atoms with Crippen LogP contribution in [0.1, 0.15) is 35.7 Å². The van der Waals surface area contributed by atoms with Gasteiger partial charge < -0.3 is 10.1 Å². The average molecular weight is 342 g/mol. The average Bonchev–Trinajstić information content (AvgIpc) is 2.53. The standard InChI is InChI=1S/C17H18F4N2O/c1-11(13-7-15(18)9-22-8-13)23-16(10-24-2)12-4-3-5-14(6-12)17(19,20)21/h3-9,11,16,23H,10H2,1-2H3/t11-,16-/m1/s1. The van der Waals surface area contributed by atoms with Gasteiger partial charge in [0.15, 0.2) is 0 Å². The van der Waals surface area contributed by atoms with Gasteiger partial charge in [0.1, 0.15) is 5.82 Å². The molecule has 3 nitrogen and oxygen atoms in total. The summed E-state index contributed by atoms with van der Waals surface area (Å²) in [6.07, 6.45) is -1.81. The zero-order valence-corrected chi connectivity index (χ0v) is 13.3. The van der Waals surface area contributed by atoms with Gasteiger partial charge in [0, 0.05) is 19.3 Å². The fourth-order valence-electron chi connectivity index (χ4n) is 2.40. The van der Waals surface area contributed by atoms with E-state index >= 15 is 0 Å². The van der Waals surface area contributed by atoms with Gasteiger partial charge in [-0.2, -0.15) is 13.2 Å². The Hall–Kier alpha value is -1.99. The molecule has 0 bridgehead atoms. The van der Waals surface area contributed by atoms with E-state index in [1.165, 1.54) is 25.4 Å². The molecule has 7 heteroatoms. The topological polar surface area (TPSA) is 34.1 Å². The molecule has 1 aromatic heterocycles. The van der Waals surface area contributed by atoms with Crippen molar-refractivity contribution in [2.45, 2.75) is 25.2 Å². The van der Waals surface area contributed by atoms with E-state index in [4.69, 9.17) is 4.74 Å². The molecule has 0 saturated heterocycles. The van der Waals surface area contributed by atoms with Gasteiger partial charge in [0.25, 0.3) is 0 Å². The Morgan fingerprint density at radius 1 is 1.17 bits per heavy atom. The van der Waals surface area contributed by atoms with Crippen molar-refractivity contribution in [1.82, 2.24) is 10.3 Å². The Morgan fingerprint density at radius 2 is 1.92 bits per heavy atom. The molecule has 0 aliphatic heterocycles. The number of hydrogen-bond acceptors (Lipinski definition) is 3. The maximum Gasteiger partial charge on any atom is 0.416 e. The summed E-state index contributed by atoms with van der Waals surface area (Å²) in [6.45, 7) is 1.96. The quantitative estimate of drug-likeness (QED) is 0.796. The molecule has 0 unspecified atom stereocenters. The van der Waals surface area contributed by atoms with Crippen molar-refractivity contribution in [3.63, 3.8) is 0 Å². The molecule has 0 spiro atoms. The number of nitrogens with one attached hydrogen (secondary N) is 1. The molecule has 2 rings (SSSR count). The highest BCUT2D eigenvalue weighted by Crippen LogP contribution is 2.31. The van der Waals surface area contributed by atoms with Crippen LogP contribution in [0.4, 0.5) is 17.6 Å². The van der Waals surface area contributed by atoms with Crippen LogP contribution in [0.3, 0.4) is 0 Å². The molecule has 2 atom stereocenters. The molecule has 1 N–H and O–H groups in total. The van der Waals surface area contributed by atoms with Crippen molar-refractivity contribution < 1.29 is 22.3 Å². The summed E-state index contributed by atoms with van der Waals surface area (Å²) < 4.78 is 57.1. The summed E-state index contributed by atoms with van der Waals surface area (Å²) in [5.74, 6) is -0.469. The van der Waals surface area contributed by atoms with Gasteiger partial charge in [-0.05, 0) is 36.2 Å². The summed E-state index contributed by atoms with van der Waals surface area (Å²) >= 11 is 0. The van der Waals surface area contributed by atoms with Gasteiger partial charge >= 0.3 is 6.18 Å². The molecule has 0 aliphatic carbocycles. The van der Waals surface area contributed by atoms with Gasteiger partial charge in [-0.15, -0.1) is 0 Å². The summed E-state index contributed by atoms with van der Waals surface area (Å²) in [5.41, 5.74) is 0.328. The van der Waals surface area contributed by atoms with Crippen LogP contribution in [-0.4, -0.2) is 18.7 Å². The smallest absolute Gasteiger partial charge is 0.383 e. The minimum atomic E-state index is -4.41. The number of methoxy groups -OCH3 is 1. The number of benzene rings is 1. The fraction of sp³-hybridized carbons (Fsp3) is 0.353. The first kappa shape index (κ1) is 18.4. The van der Waals surface area contributed by atoms with E-state index in [0.29, 0.717) is 11.1 Å². The van der Waals surface area contributed by atoms with Crippen LogP contribution in [0.2, 0.25) is 0 Å². The third-order valence-corrected chi connectivity index (χ3v) is 3.63. The summed E-state index contributed by atoms with van der Waals surface area (Å²) in [6, 6.07) is 5.61. The maximum absolute atomic E-state index is 13.3. The molecule has 0 saturated carbocycles. The van der Waals surface area contributed by atoms with Crippen LogP contribution in [0, 0.1) is 5.82 Å². The molecule has 0 aliphatic rings. The third-order valence-electron chi connectivity index (χ3n) is 3.63. The van der Waals surface area contributed by atoms with Crippen molar-refractivity contribution in [2.24, 2.45) is 0 Å². The van der Waals surface area contributed by atoms with Crippen LogP contribution in [0.15, 0.2) is 42.7 Å². The van der Waals surface area contributed by atoms with Crippen molar-refractivity contribution in [3.8, 4) is 0 Å². The molecule has 2 aromatic rings. The van der Waals surface area contributed by atoms with Crippen molar-refractivity contribution in [1.29, 1.82) is 0 Å². The monoisotopic (exact) mass is 342 g/mol. The molecular weight excluding hydrogens is 324 g/mol. The number of ether oxygens (including phenoxy) is 1. The highest BCUT2D eigenvalue weighted by atomic mass is 19.4. The third kappa shape index (κ3) is 4.75. The highest BCUT2D eigenvalue weighted by Gasteiger charge is 2.31. The highest BCUT2D eigenvalue weighted by molar-refractivity contribution is 5.28.